The molecule has 1 heterocycles. The maximum atomic E-state index is 10.9. The average molecular weight is 292 g/mol. The topological polar surface area (TPSA) is 54.9 Å². The Kier molecular flexibility index (Phi) is 3.49. The number of carbonyl (C=O) groups excluding carboxylic acids is 1. The monoisotopic (exact) mass is 291 g/mol. The van der Waals surface area contributed by atoms with E-state index in [4.69, 9.17) is 0 Å². The molecule has 17 heavy (non-hydrogen) atoms. The SMILES string of the molecule is Cc1ncc(C=O)c(Nc2ccc(Br)cc2)n1. The van der Waals surface area contributed by atoms with E-state index in [0.717, 1.165) is 16.4 Å². The van der Waals surface area contributed by atoms with Crippen LogP contribution in [0.2, 0.25) is 0 Å². The Morgan fingerprint density at radius 2 is 2.00 bits per heavy atom. The lowest BCUT2D eigenvalue weighted by molar-refractivity contribution is 0.112. The highest BCUT2D eigenvalue weighted by molar-refractivity contribution is 9.10. The van der Waals surface area contributed by atoms with Gasteiger partial charge in [0.15, 0.2) is 6.29 Å². The molecule has 2 rings (SSSR count). The molecule has 4 nitrogen and oxygen atoms in total. The van der Waals surface area contributed by atoms with Crippen molar-refractivity contribution in [2.24, 2.45) is 0 Å². The van der Waals surface area contributed by atoms with Crippen molar-refractivity contribution in [2.75, 3.05) is 5.32 Å². The minimum absolute atomic E-state index is 0.443. The summed E-state index contributed by atoms with van der Waals surface area (Å²) in [6, 6.07) is 7.63. The predicted octanol–water partition coefficient (Wildman–Crippen LogP) is 3.10. The van der Waals surface area contributed by atoms with Gasteiger partial charge in [-0.2, -0.15) is 0 Å². The molecule has 86 valence electrons. The highest BCUT2D eigenvalue weighted by Gasteiger charge is 2.04. The van der Waals surface area contributed by atoms with Gasteiger partial charge in [-0.1, -0.05) is 15.9 Å². The van der Waals surface area contributed by atoms with Gasteiger partial charge in [-0.15, -0.1) is 0 Å². The summed E-state index contributed by atoms with van der Waals surface area (Å²) in [7, 11) is 0. The maximum absolute atomic E-state index is 10.9. The number of aromatic nitrogens is 2. The van der Waals surface area contributed by atoms with Crippen LogP contribution in [0.15, 0.2) is 34.9 Å². The maximum Gasteiger partial charge on any atom is 0.155 e. The number of anilines is 2. The van der Waals surface area contributed by atoms with E-state index < -0.39 is 0 Å². The Bertz CT molecular complexity index is 540. The molecule has 2 aromatic rings. The number of nitrogens with zero attached hydrogens (tertiary/aromatic N) is 2. The first-order valence-corrected chi connectivity index (χ1v) is 5.80. The van der Waals surface area contributed by atoms with E-state index in [-0.39, 0.29) is 0 Å². The van der Waals surface area contributed by atoms with E-state index in [1.54, 1.807) is 6.92 Å². The van der Waals surface area contributed by atoms with Crippen LogP contribution < -0.4 is 5.32 Å². The highest BCUT2D eigenvalue weighted by atomic mass is 79.9. The van der Waals surface area contributed by atoms with Crippen LogP contribution in [-0.4, -0.2) is 16.3 Å². The molecule has 5 heteroatoms. The first-order valence-electron chi connectivity index (χ1n) is 5.00. The van der Waals surface area contributed by atoms with E-state index in [1.165, 1.54) is 6.20 Å². The van der Waals surface area contributed by atoms with Crippen molar-refractivity contribution in [2.45, 2.75) is 6.92 Å². The molecule has 1 N–H and O–H groups in total. The number of nitrogens with one attached hydrogen (secondary N) is 1. The second kappa shape index (κ2) is 5.05. The van der Waals surface area contributed by atoms with Crippen LogP contribution >= 0.6 is 15.9 Å². The fourth-order valence-corrected chi connectivity index (χ4v) is 1.60. The number of benzene rings is 1. The van der Waals surface area contributed by atoms with E-state index in [1.807, 2.05) is 24.3 Å². The van der Waals surface area contributed by atoms with E-state index >= 15 is 0 Å². The van der Waals surface area contributed by atoms with Gasteiger partial charge in [0.25, 0.3) is 0 Å². The summed E-state index contributed by atoms with van der Waals surface area (Å²) in [5, 5.41) is 3.09. The lowest BCUT2D eigenvalue weighted by Crippen LogP contribution is -2.01. The van der Waals surface area contributed by atoms with Gasteiger partial charge in [0.2, 0.25) is 0 Å². The fourth-order valence-electron chi connectivity index (χ4n) is 1.34. The zero-order valence-electron chi connectivity index (χ0n) is 9.14. The largest absolute Gasteiger partial charge is 0.340 e. The summed E-state index contributed by atoms with van der Waals surface area (Å²) in [6.45, 7) is 1.78. The predicted molar refractivity (Wildman–Crippen MR) is 69.6 cm³/mol. The van der Waals surface area contributed by atoms with Crippen molar-refractivity contribution >= 4 is 33.7 Å². The zero-order chi connectivity index (χ0) is 12.3. The number of aldehydes is 1. The van der Waals surface area contributed by atoms with Crippen LogP contribution in [0.3, 0.4) is 0 Å². The Labute approximate surface area is 107 Å². The van der Waals surface area contributed by atoms with Gasteiger partial charge >= 0.3 is 0 Å². The third kappa shape index (κ3) is 2.88. The first-order chi connectivity index (χ1) is 8.19. The van der Waals surface area contributed by atoms with Crippen molar-refractivity contribution in [3.8, 4) is 0 Å². The number of hydrogen-bond acceptors (Lipinski definition) is 4. The van der Waals surface area contributed by atoms with Gasteiger partial charge in [-0.25, -0.2) is 9.97 Å². The quantitative estimate of drug-likeness (QED) is 0.883. The third-order valence-corrected chi connectivity index (χ3v) is 2.70. The van der Waals surface area contributed by atoms with Crippen molar-refractivity contribution in [1.29, 1.82) is 0 Å². The minimum atomic E-state index is 0.443. The zero-order valence-corrected chi connectivity index (χ0v) is 10.7. The molecule has 0 saturated carbocycles. The Morgan fingerprint density at radius 1 is 1.29 bits per heavy atom. The summed E-state index contributed by atoms with van der Waals surface area (Å²) in [6.07, 6.45) is 2.25. The van der Waals surface area contributed by atoms with Crippen molar-refractivity contribution < 1.29 is 4.79 Å². The molecular formula is C12H10BrN3O. The molecule has 0 unspecified atom stereocenters. The average Bonchev–Trinajstić information content (AvgIpc) is 2.32. The third-order valence-electron chi connectivity index (χ3n) is 2.17. The molecule has 0 atom stereocenters. The van der Waals surface area contributed by atoms with Crippen LogP contribution in [0.4, 0.5) is 11.5 Å². The van der Waals surface area contributed by atoms with E-state index in [9.17, 15) is 4.79 Å². The van der Waals surface area contributed by atoms with Gasteiger partial charge in [0, 0.05) is 16.4 Å². The van der Waals surface area contributed by atoms with Crippen LogP contribution in [0, 0.1) is 6.92 Å². The number of hydrogen-bond donors (Lipinski definition) is 1. The van der Waals surface area contributed by atoms with Crippen LogP contribution in [0.25, 0.3) is 0 Å². The highest BCUT2D eigenvalue weighted by Crippen LogP contribution is 2.19. The second-order valence-corrected chi connectivity index (χ2v) is 4.39. The molecular weight excluding hydrogens is 282 g/mol. The van der Waals surface area contributed by atoms with Gasteiger partial charge in [-0.3, -0.25) is 4.79 Å². The molecule has 1 aromatic heterocycles. The Balaban J connectivity index is 2.31. The minimum Gasteiger partial charge on any atom is -0.340 e. The Hall–Kier alpha value is -1.75. The standard InChI is InChI=1S/C12H10BrN3O/c1-8-14-6-9(7-17)12(15-8)16-11-4-2-10(13)3-5-11/h2-7H,1H3,(H,14,15,16). The summed E-state index contributed by atoms with van der Waals surface area (Å²) < 4.78 is 0.998. The number of carbonyl (C=O) groups is 1. The first kappa shape index (κ1) is 11.7. The van der Waals surface area contributed by atoms with Crippen molar-refractivity contribution in [1.82, 2.24) is 9.97 Å². The van der Waals surface area contributed by atoms with E-state index in [0.29, 0.717) is 17.2 Å². The molecule has 0 saturated heterocycles. The molecule has 0 aliphatic carbocycles. The summed E-state index contributed by atoms with van der Waals surface area (Å²) in [5.41, 5.74) is 1.31. The molecule has 0 amide bonds. The van der Waals surface area contributed by atoms with Gasteiger partial charge < -0.3 is 5.32 Å². The van der Waals surface area contributed by atoms with Gasteiger partial charge in [-0.05, 0) is 31.2 Å². The summed E-state index contributed by atoms with van der Waals surface area (Å²) in [5.74, 6) is 1.14. The lowest BCUT2D eigenvalue weighted by atomic mass is 10.3. The van der Waals surface area contributed by atoms with Gasteiger partial charge in [0.1, 0.15) is 11.6 Å². The second-order valence-electron chi connectivity index (χ2n) is 3.47. The van der Waals surface area contributed by atoms with Crippen LogP contribution in [0.5, 0.6) is 0 Å². The number of aryl methyl sites for hydroxylation is 1. The number of halogens is 1. The molecule has 0 aliphatic heterocycles. The number of rotatable bonds is 3. The smallest absolute Gasteiger partial charge is 0.155 e. The molecule has 0 radical (unpaired) electrons. The molecule has 1 aromatic carbocycles. The Morgan fingerprint density at radius 3 is 2.65 bits per heavy atom. The lowest BCUT2D eigenvalue weighted by Gasteiger charge is -2.08. The molecule has 0 spiro atoms. The van der Waals surface area contributed by atoms with E-state index in [2.05, 4.69) is 31.2 Å². The van der Waals surface area contributed by atoms with Gasteiger partial charge in [0.05, 0.1) is 5.56 Å². The summed E-state index contributed by atoms with van der Waals surface area (Å²) >= 11 is 3.36. The molecule has 0 aliphatic rings. The van der Waals surface area contributed by atoms with Crippen molar-refractivity contribution in [3.05, 3.63) is 46.3 Å². The fraction of sp³-hybridized carbons (Fsp3) is 0.0833. The molecule has 0 fully saturated rings. The normalized spacial score (nSPS) is 10.0. The summed E-state index contributed by atoms with van der Waals surface area (Å²) in [4.78, 5) is 19.0. The van der Waals surface area contributed by atoms with Crippen LogP contribution in [0.1, 0.15) is 16.2 Å². The van der Waals surface area contributed by atoms with Crippen LogP contribution in [-0.2, 0) is 0 Å². The van der Waals surface area contributed by atoms with Crippen molar-refractivity contribution in [3.63, 3.8) is 0 Å². The molecule has 0 bridgehead atoms.